The first-order valence-corrected chi connectivity index (χ1v) is 13.9. The van der Waals surface area contributed by atoms with Gasteiger partial charge < -0.3 is 34.3 Å². The van der Waals surface area contributed by atoms with Crippen molar-refractivity contribution in [1.29, 1.82) is 0 Å². The van der Waals surface area contributed by atoms with Crippen molar-refractivity contribution in [2.24, 2.45) is 0 Å². The van der Waals surface area contributed by atoms with Crippen LogP contribution < -0.4 is 19.9 Å². The number of aliphatic carboxylic acids is 1. The minimum Gasteiger partial charge on any atom is -0.480 e. The summed E-state index contributed by atoms with van der Waals surface area (Å²) in [7, 11) is 0. The van der Waals surface area contributed by atoms with Gasteiger partial charge in [-0.25, -0.2) is 14.6 Å². The predicted octanol–water partition coefficient (Wildman–Crippen LogP) is 4.28. The molecule has 1 saturated heterocycles. The molecule has 0 aliphatic carbocycles. The van der Waals surface area contributed by atoms with Crippen molar-refractivity contribution < 1.29 is 28.6 Å². The monoisotopic (exact) mass is 564 g/mol. The third kappa shape index (κ3) is 7.13. The second-order valence-electron chi connectivity index (χ2n) is 9.55. The third-order valence-electron chi connectivity index (χ3n) is 6.93. The lowest BCUT2D eigenvalue weighted by atomic mass is 10.1. The van der Waals surface area contributed by atoms with Gasteiger partial charge in [0.15, 0.2) is 11.6 Å². The van der Waals surface area contributed by atoms with E-state index in [2.05, 4.69) is 15.3 Å². The molecule has 3 heterocycles. The zero-order valence-electron chi connectivity index (χ0n) is 23.6. The molecule has 1 aromatic carbocycles. The Bertz CT molecular complexity index is 1320. The molecular formula is C29H36N6O6. The van der Waals surface area contributed by atoms with Gasteiger partial charge in [-0.3, -0.25) is 4.79 Å². The standard InChI is InChI=1S/C29H36N6O6/c1-4-33(5-2)28-30-19-23(35(6-3)26(36)24-10-9-17-40-24)25(32-28)31-22(27(37)38)18-20-11-13-21(14-12-20)41-29(39)34-15-7-8-16-34/h9-14,17,19,22H,4-8,15-16,18H2,1-3H3,(H,37,38)(H,30,31,32)/t22-/m1/s1. The molecule has 0 unspecified atom stereocenters. The molecule has 12 heteroatoms. The molecule has 1 aliphatic rings. The molecule has 2 N–H and O–H groups in total. The Morgan fingerprint density at radius 2 is 1.78 bits per heavy atom. The van der Waals surface area contributed by atoms with Crippen LogP contribution in [0.25, 0.3) is 0 Å². The summed E-state index contributed by atoms with van der Waals surface area (Å²) < 4.78 is 10.8. The maximum atomic E-state index is 13.2. The first-order valence-electron chi connectivity index (χ1n) is 13.9. The molecule has 0 radical (unpaired) electrons. The van der Waals surface area contributed by atoms with Gasteiger partial charge in [0.25, 0.3) is 5.91 Å². The summed E-state index contributed by atoms with van der Waals surface area (Å²) in [6.07, 6.45) is 4.60. The molecular weight excluding hydrogens is 528 g/mol. The van der Waals surface area contributed by atoms with Gasteiger partial charge in [0.2, 0.25) is 5.95 Å². The Morgan fingerprint density at radius 1 is 1.07 bits per heavy atom. The van der Waals surface area contributed by atoms with E-state index in [0.29, 0.717) is 49.1 Å². The second-order valence-corrected chi connectivity index (χ2v) is 9.55. The molecule has 1 atom stereocenters. The number of aromatic nitrogens is 2. The fourth-order valence-electron chi connectivity index (χ4n) is 4.64. The van der Waals surface area contributed by atoms with Gasteiger partial charge in [-0.1, -0.05) is 12.1 Å². The smallest absolute Gasteiger partial charge is 0.415 e. The van der Waals surface area contributed by atoms with E-state index in [9.17, 15) is 19.5 Å². The molecule has 12 nitrogen and oxygen atoms in total. The highest BCUT2D eigenvalue weighted by molar-refractivity contribution is 6.05. The van der Waals surface area contributed by atoms with E-state index in [4.69, 9.17) is 9.15 Å². The lowest BCUT2D eigenvalue weighted by Crippen LogP contribution is -2.36. The van der Waals surface area contributed by atoms with Crippen molar-refractivity contribution in [2.45, 2.75) is 46.1 Å². The molecule has 1 aliphatic heterocycles. The van der Waals surface area contributed by atoms with E-state index in [0.717, 1.165) is 12.8 Å². The molecule has 0 saturated carbocycles. The van der Waals surface area contributed by atoms with Gasteiger partial charge in [0.1, 0.15) is 17.5 Å². The lowest BCUT2D eigenvalue weighted by Gasteiger charge is -2.26. The molecule has 0 spiro atoms. The maximum absolute atomic E-state index is 13.2. The quantitative estimate of drug-likeness (QED) is 0.327. The van der Waals surface area contributed by atoms with Crippen LogP contribution in [0.15, 0.2) is 53.3 Å². The number of hydrogen-bond acceptors (Lipinski definition) is 9. The highest BCUT2D eigenvalue weighted by Gasteiger charge is 2.27. The second kappa shape index (κ2) is 13.6. The number of likely N-dealkylation sites (tertiary alicyclic amines) is 1. The fraction of sp³-hybridized carbons (Fsp3) is 0.414. The number of rotatable bonds is 12. The minimum absolute atomic E-state index is 0.109. The molecule has 2 amide bonds. The Morgan fingerprint density at radius 3 is 2.37 bits per heavy atom. The topological polar surface area (TPSA) is 141 Å². The van der Waals surface area contributed by atoms with Crippen molar-refractivity contribution in [3.05, 3.63) is 60.2 Å². The third-order valence-corrected chi connectivity index (χ3v) is 6.93. The summed E-state index contributed by atoms with van der Waals surface area (Å²) in [5.41, 5.74) is 1.05. The molecule has 41 heavy (non-hydrogen) atoms. The first kappa shape index (κ1) is 29.4. The van der Waals surface area contributed by atoms with Crippen LogP contribution in [0.2, 0.25) is 0 Å². The van der Waals surface area contributed by atoms with Gasteiger partial charge in [-0.05, 0) is 63.4 Å². The number of amides is 2. The van der Waals surface area contributed by atoms with Crippen molar-refractivity contribution >= 4 is 35.4 Å². The largest absolute Gasteiger partial charge is 0.480 e. The summed E-state index contributed by atoms with van der Waals surface area (Å²) in [5, 5.41) is 13.2. The molecule has 0 bridgehead atoms. The summed E-state index contributed by atoms with van der Waals surface area (Å²) in [5.74, 6) is -0.328. The zero-order chi connectivity index (χ0) is 29.4. The number of carbonyl (C=O) groups is 3. The van der Waals surface area contributed by atoms with Gasteiger partial charge >= 0.3 is 12.1 Å². The van der Waals surface area contributed by atoms with E-state index in [1.54, 1.807) is 48.2 Å². The molecule has 4 rings (SSSR count). The Balaban J connectivity index is 1.58. The fourth-order valence-corrected chi connectivity index (χ4v) is 4.64. The Hall–Kier alpha value is -4.61. The van der Waals surface area contributed by atoms with Crippen LogP contribution in [-0.2, 0) is 11.2 Å². The number of nitrogens with zero attached hydrogens (tertiary/aromatic N) is 5. The van der Waals surface area contributed by atoms with Crippen molar-refractivity contribution in [2.75, 3.05) is 47.8 Å². The Labute approximate surface area is 238 Å². The average Bonchev–Trinajstić information content (AvgIpc) is 3.71. The summed E-state index contributed by atoms with van der Waals surface area (Å²) in [4.78, 5) is 52.0. The average molecular weight is 565 g/mol. The predicted molar refractivity (Wildman–Crippen MR) is 154 cm³/mol. The molecule has 1 fully saturated rings. The van der Waals surface area contributed by atoms with Crippen LogP contribution in [-0.4, -0.2) is 76.7 Å². The number of nitrogens with one attached hydrogen (secondary N) is 1. The van der Waals surface area contributed by atoms with Gasteiger partial charge in [0, 0.05) is 39.1 Å². The molecule has 3 aromatic rings. The van der Waals surface area contributed by atoms with Crippen LogP contribution >= 0.6 is 0 Å². The van der Waals surface area contributed by atoms with Crippen molar-refractivity contribution in [3.8, 4) is 5.75 Å². The molecule has 2 aromatic heterocycles. The van der Waals surface area contributed by atoms with Crippen LogP contribution in [0.1, 0.15) is 49.7 Å². The first-order chi connectivity index (χ1) is 19.8. The van der Waals surface area contributed by atoms with E-state index in [1.165, 1.54) is 17.4 Å². The number of benzene rings is 1. The van der Waals surface area contributed by atoms with Gasteiger partial charge in [0.05, 0.1) is 12.5 Å². The van der Waals surface area contributed by atoms with Crippen molar-refractivity contribution in [1.82, 2.24) is 14.9 Å². The van der Waals surface area contributed by atoms with Crippen LogP contribution in [0.5, 0.6) is 5.75 Å². The summed E-state index contributed by atoms with van der Waals surface area (Å²) >= 11 is 0. The number of furan rings is 1. The van der Waals surface area contributed by atoms with Gasteiger partial charge in [-0.2, -0.15) is 4.98 Å². The highest BCUT2D eigenvalue weighted by atomic mass is 16.6. The van der Waals surface area contributed by atoms with E-state index in [-0.39, 0.29) is 30.6 Å². The van der Waals surface area contributed by atoms with E-state index < -0.39 is 17.9 Å². The SMILES string of the molecule is CCN(CC)c1ncc(N(CC)C(=O)c2ccco2)c(N[C@H](Cc2ccc(OC(=O)N3CCCC3)cc2)C(=O)O)n1. The summed E-state index contributed by atoms with van der Waals surface area (Å²) in [6, 6.07) is 8.86. The lowest BCUT2D eigenvalue weighted by molar-refractivity contribution is -0.137. The van der Waals surface area contributed by atoms with Crippen LogP contribution in [0.4, 0.5) is 22.2 Å². The number of carboxylic acid groups (broad SMARTS) is 1. The highest BCUT2D eigenvalue weighted by Crippen LogP contribution is 2.28. The minimum atomic E-state index is -1.09. The van der Waals surface area contributed by atoms with Crippen molar-refractivity contribution in [3.63, 3.8) is 0 Å². The van der Waals surface area contributed by atoms with E-state index in [1.807, 2.05) is 18.7 Å². The number of carbonyl (C=O) groups excluding carboxylic acids is 2. The molecule has 218 valence electrons. The number of carboxylic acids is 1. The van der Waals surface area contributed by atoms with Crippen LogP contribution in [0.3, 0.4) is 0 Å². The zero-order valence-corrected chi connectivity index (χ0v) is 23.6. The summed E-state index contributed by atoms with van der Waals surface area (Å²) in [6.45, 7) is 8.69. The normalized spacial score (nSPS) is 13.5. The van der Waals surface area contributed by atoms with Gasteiger partial charge in [-0.15, -0.1) is 0 Å². The Kier molecular flexibility index (Phi) is 9.77. The number of hydrogen-bond donors (Lipinski definition) is 2. The van der Waals surface area contributed by atoms with Crippen LogP contribution in [0, 0.1) is 0 Å². The van der Waals surface area contributed by atoms with E-state index >= 15 is 0 Å². The number of anilines is 3. The maximum Gasteiger partial charge on any atom is 0.415 e. The number of ether oxygens (including phenoxy) is 1.